The van der Waals surface area contributed by atoms with E-state index >= 15 is 0 Å². The van der Waals surface area contributed by atoms with Crippen LogP contribution < -0.4 is 5.73 Å². The molecule has 0 radical (unpaired) electrons. The Kier molecular flexibility index (Phi) is 38.3. The number of carbonyl (C=O) groups is 3. The van der Waals surface area contributed by atoms with Gasteiger partial charge in [0.2, 0.25) is 0 Å². The summed E-state index contributed by atoms with van der Waals surface area (Å²) in [5.41, 5.74) is 5.32. The van der Waals surface area contributed by atoms with Crippen molar-refractivity contribution >= 4 is 25.7 Å². The van der Waals surface area contributed by atoms with Gasteiger partial charge in [0, 0.05) is 12.8 Å². The molecule has 0 aliphatic heterocycles. The number of phosphoric acid groups is 1. The molecule has 0 saturated carbocycles. The Morgan fingerprint density at radius 1 is 0.536 bits per heavy atom. The molecule has 0 rings (SSSR count). The van der Waals surface area contributed by atoms with Crippen molar-refractivity contribution in [2.45, 2.75) is 219 Å². The van der Waals surface area contributed by atoms with Gasteiger partial charge in [0.1, 0.15) is 12.6 Å². The molecule has 0 aromatic heterocycles. The SMILES string of the molecule is CCCCCCCCCCCCCCCC/C=C/CC/C=C/CCCC(=O)O[C@@H](COC(=O)CCCCCCCCCCC)COP(=O)(O)OC[C@H](N)C(=O)O. The highest BCUT2D eigenvalue weighted by Crippen LogP contribution is 2.43. The summed E-state index contributed by atoms with van der Waals surface area (Å²) in [6, 6.07) is -1.52. The molecule has 0 spiro atoms. The van der Waals surface area contributed by atoms with E-state index in [0.29, 0.717) is 19.3 Å². The van der Waals surface area contributed by atoms with Crippen LogP contribution in [0.1, 0.15) is 206 Å². The van der Waals surface area contributed by atoms with Crippen molar-refractivity contribution in [3.05, 3.63) is 24.3 Å². The molecule has 0 aromatic rings. The second kappa shape index (κ2) is 39.8. The van der Waals surface area contributed by atoms with E-state index in [1.54, 1.807) is 0 Å². The average molecular weight is 816 g/mol. The first-order valence-corrected chi connectivity index (χ1v) is 23.9. The van der Waals surface area contributed by atoms with E-state index < -0.39 is 51.1 Å². The fourth-order valence-corrected chi connectivity index (χ4v) is 6.92. The molecular formula is C44H82NO10P. The Balaban J connectivity index is 4.27. The molecule has 3 atom stereocenters. The highest BCUT2D eigenvalue weighted by molar-refractivity contribution is 7.47. The monoisotopic (exact) mass is 816 g/mol. The molecule has 328 valence electrons. The number of carboxylic acid groups (broad SMARTS) is 1. The second-order valence-electron chi connectivity index (χ2n) is 15.2. The summed E-state index contributed by atoms with van der Waals surface area (Å²) >= 11 is 0. The minimum absolute atomic E-state index is 0.104. The topological polar surface area (TPSA) is 172 Å². The van der Waals surface area contributed by atoms with Gasteiger partial charge >= 0.3 is 25.7 Å². The van der Waals surface area contributed by atoms with Crippen LogP contribution in [0.2, 0.25) is 0 Å². The van der Waals surface area contributed by atoms with Crippen LogP contribution in [0.15, 0.2) is 24.3 Å². The number of carbonyl (C=O) groups excluding carboxylic acids is 2. The number of carboxylic acids is 1. The maximum atomic E-state index is 12.6. The van der Waals surface area contributed by atoms with Gasteiger partial charge in [-0.3, -0.25) is 23.4 Å². The maximum absolute atomic E-state index is 12.6. The first kappa shape index (κ1) is 54.0. The normalized spacial score (nSPS) is 13.9. The van der Waals surface area contributed by atoms with Crippen LogP contribution in [-0.4, -0.2) is 59.9 Å². The largest absolute Gasteiger partial charge is 0.480 e. The molecule has 0 aromatic carbocycles. The summed E-state index contributed by atoms with van der Waals surface area (Å²) in [4.78, 5) is 45.8. The van der Waals surface area contributed by atoms with Gasteiger partial charge in [-0.2, -0.15) is 0 Å². The molecule has 0 aliphatic carbocycles. The van der Waals surface area contributed by atoms with Crippen molar-refractivity contribution in [3.63, 3.8) is 0 Å². The molecule has 0 fully saturated rings. The summed E-state index contributed by atoms with van der Waals surface area (Å²) in [6.45, 7) is 2.75. The molecule has 4 N–H and O–H groups in total. The van der Waals surface area contributed by atoms with Crippen LogP contribution in [0.3, 0.4) is 0 Å². The Labute approximate surface area is 340 Å². The van der Waals surface area contributed by atoms with Crippen molar-refractivity contribution in [2.75, 3.05) is 19.8 Å². The fraction of sp³-hybridized carbons (Fsp3) is 0.841. The number of aliphatic carboxylic acids is 1. The molecule has 1 unspecified atom stereocenters. The van der Waals surface area contributed by atoms with Gasteiger partial charge in [-0.15, -0.1) is 0 Å². The zero-order valence-electron chi connectivity index (χ0n) is 35.5. The molecule has 0 bridgehead atoms. The number of unbranched alkanes of at least 4 members (excludes halogenated alkanes) is 24. The van der Waals surface area contributed by atoms with E-state index in [9.17, 15) is 23.8 Å². The van der Waals surface area contributed by atoms with Crippen LogP contribution in [0, 0.1) is 0 Å². The number of hydrogen-bond donors (Lipinski definition) is 3. The Morgan fingerprint density at radius 2 is 0.929 bits per heavy atom. The predicted molar refractivity (Wildman–Crippen MR) is 226 cm³/mol. The Bertz CT molecular complexity index is 1050. The number of esters is 2. The third kappa shape index (κ3) is 38.8. The number of hydrogen-bond acceptors (Lipinski definition) is 9. The summed E-state index contributed by atoms with van der Waals surface area (Å²) in [7, 11) is -4.72. The first-order chi connectivity index (χ1) is 27.1. The summed E-state index contributed by atoms with van der Waals surface area (Å²) < 4.78 is 32.6. The van der Waals surface area contributed by atoms with Gasteiger partial charge in [-0.05, 0) is 44.9 Å². The van der Waals surface area contributed by atoms with E-state index in [-0.39, 0.29) is 19.4 Å². The molecule has 12 heteroatoms. The maximum Gasteiger partial charge on any atom is 0.472 e. The Morgan fingerprint density at radius 3 is 1.41 bits per heavy atom. The quantitative estimate of drug-likeness (QED) is 0.0232. The predicted octanol–water partition coefficient (Wildman–Crippen LogP) is 11.8. The Hall–Kier alpha value is -2.04. The third-order valence-corrected chi connectivity index (χ3v) is 10.6. The van der Waals surface area contributed by atoms with Gasteiger partial charge in [0.15, 0.2) is 6.10 Å². The molecular weight excluding hydrogens is 733 g/mol. The van der Waals surface area contributed by atoms with Crippen LogP contribution in [0.5, 0.6) is 0 Å². The number of phosphoric ester groups is 1. The van der Waals surface area contributed by atoms with Crippen LogP contribution in [0.4, 0.5) is 0 Å². The van der Waals surface area contributed by atoms with Crippen molar-refractivity contribution in [2.24, 2.45) is 5.73 Å². The van der Waals surface area contributed by atoms with Crippen molar-refractivity contribution < 1.29 is 47.5 Å². The number of ether oxygens (including phenoxy) is 2. The summed E-state index contributed by atoms with van der Waals surface area (Å²) in [6.07, 6.45) is 41.3. The van der Waals surface area contributed by atoms with E-state index in [1.807, 2.05) is 6.08 Å². The lowest BCUT2D eigenvalue weighted by molar-refractivity contribution is -0.161. The number of rotatable bonds is 42. The standard InChI is InChI=1S/C44H82NO10P/c1-3-5-7-9-11-13-14-15-16-17-18-19-20-21-22-23-24-25-26-28-30-32-34-36-43(47)55-40(38-53-56(50,51)54-39-41(45)44(48)49)37-52-42(46)35-33-31-29-27-12-10-8-6-4-2/h23-24,28,30,40-41H,3-22,25-27,29,31-39,45H2,1-2H3,(H,48,49)(H,50,51)/b24-23+,30-28+/t40-,41-/m0/s1. The lowest BCUT2D eigenvalue weighted by atomic mass is 10.0. The summed E-state index contributed by atoms with van der Waals surface area (Å²) in [5.74, 6) is -2.43. The average Bonchev–Trinajstić information content (AvgIpc) is 3.17. The van der Waals surface area contributed by atoms with Crippen molar-refractivity contribution in [1.29, 1.82) is 0 Å². The minimum atomic E-state index is -4.72. The highest BCUT2D eigenvalue weighted by Gasteiger charge is 2.28. The molecule has 56 heavy (non-hydrogen) atoms. The molecule has 11 nitrogen and oxygen atoms in total. The molecule has 0 amide bonds. The lowest BCUT2D eigenvalue weighted by Gasteiger charge is -2.20. The molecule has 0 heterocycles. The smallest absolute Gasteiger partial charge is 0.472 e. The minimum Gasteiger partial charge on any atom is -0.480 e. The van der Waals surface area contributed by atoms with Crippen LogP contribution >= 0.6 is 7.82 Å². The second-order valence-corrected chi connectivity index (χ2v) is 16.6. The summed E-state index contributed by atoms with van der Waals surface area (Å²) in [5, 5.41) is 8.87. The van der Waals surface area contributed by atoms with Crippen LogP contribution in [0.25, 0.3) is 0 Å². The lowest BCUT2D eigenvalue weighted by Crippen LogP contribution is -2.34. The van der Waals surface area contributed by atoms with Gasteiger partial charge in [-0.25, -0.2) is 4.57 Å². The molecule has 0 aliphatic rings. The van der Waals surface area contributed by atoms with E-state index in [0.717, 1.165) is 38.5 Å². The van der Waals surface area contributed by atoms with Gasteiger partial charge in [-0.1, -0.05) is 173 Å². The zero-order valence-corrected chi connectivity index (χ0v) is 36.4. The van der Waals surface area contributed by atoms with Gasteiger partial charge < -0.3 is 25.2 Å². The van der Waals surface area contributed by atoms with E-state index in [1.165, 1.54) is 122 Å². The third-order valence-electron chi connectivity index (χ3n) is 9.68. The number of nitrogens with two attached hydrogens (primary N) is 1. The van der Waals surface area contributed by atoms with Gasteiger partial charge in [0.25, 0.3) is 0 Å². The van der Waals surface area contributed by atoms with Crippen LogP contribution in [-0.2, 0) is 37.5 Å². The van der Waals surface area contributed by atoms with E-state index in [2.05, 4.69) is 36.6 Å². The first-order valence-electron chi connectivity index (χ1n) is 22.4. The number of allylic oxidation sites excluding steroid dienone is 4. The van der Waals surface area contributed by atoms with Crippen molar-refractivity contribution in [3.8, 4) is 0 Å². The fourth-order valence-electron chi connectivity index (χ4n) is 6.14. The van der Waals surface area contributed by atoms with Crippen molar-refractivity contribution in [1.82, 2.24) is 0 Å². The van der Waals surface area contributed by atoms with Gasteiger partial charge in [0.05, 0.1) is 13.2 Å². The highest BCUT2D eigenvalue weighted by atomic mass is 31.2. The molecule has 0 saturated heterocycles. The zero-order chi connectivity index (χ0) is 41.4. The van der Waals surface area contributed by atoms with E-state index in [4.69, 9.17) is 24.8 Å².